The Morgan fingerprint density at radius 3 is 2.87 bits per heavy atom. The van der Waals surface area contributed by atoms with Crippen molar-refractivity contribution in [2.24, 2.45) is 0 Å². The van der Waals surface area contributed by atoms with E-state index in [1.165, 1.54) is 24.0 Å². The molecule has 0 saturated heterocycles. The zero-order chi connectivity index (χ0) is 10.7. The third-order valence-corrected chi connectivity index (χ3v) is 3.80. The van der Waals surface area contributed by atoms with Gasteiger partial charge in [0.25, 0.3) is 0 Å². The Bertz CT molecular complexity index is 304. The van der Waals surface area contributed by atoms with Gasteiger partial charge < -0.3 is 10.6 Å². The lowest BCUT2D eigenvalue weighted by Gasteiger charge is -2.14. The van der Waals surface area contributed by atoms with Crippen molar-refractivity contribution in [2.45, 2.75) is 45.3 Å². The lowest BCUT2D eigenvalue weighted by Crippen LogP contribution is -2.36. The molecule has 3 heteroatoms. The molecule has 2 N–H and O–H groups in total. The molecule has 84 valence electrons. The topological polar surface area (TPSA) is 24.1 Å². The lowest BCUT2D eigenvalue weighted by atomic mass is 10.2. The molecule has 0 aromatic carbocycles. The molecule has 2 nitrogen and oxygen atoms in total. The van der Waals surface area contributed by atoms with Gasteiger partial charge in [-0.05, 0) is 48.6 Å². The highest BCUT2D eigenvalue weighted by atomic mass is 32.1. The van der Waals surface area contributed by atoms with Crippen molar-refractivity contribution in [2.75, 3.05) is 6.54 Å². The van der Waals surface area contributed by atoms with Crippen LogP contribution in [0.2, 0.25) is 0 Å². The van der Waals surface area contributed by atoms with Gasteiger partial charge in [-0.3, -0.25) is 0 Å². The van der Waals surface area contributed by atoms with E-state index < -0.39 is 0 Å². The summed E-state index contributed by atoms with van der Waals surface area (Å²) < 4.78 is 0. The first-order chi connectivity index (χ1) is 7.25. The summed E-state index contributed by atoms with van der Waals surface area (Å²) in [5, 5.41) is 11.5. The second-order valence-electron chi connectivity index (χ2n) is 4.54. The Morgan fingerprint density at radius 1 is 1.47 bits per heavy atom. The highest BCUT2D eigenvalue weighted by Gasteiger charge is 2.20. The molecule has 1 atom stereocenters. The number of nitrogens with one attached hydrogen (secondary N) is 2. The molecule has 1 heterocycles. The van der Waals surface area contributed by atoms with Crippen LogP contribution in [-0.2, 0) is 6.54 Å². The summed E-state index contributed by atoms with van der Waals surface area (Å²) in [4.78, 5) is 0. The summed E-state index contributed by atoms with van der Waals surface area (Å²) in [7, 11) is 0. The molecule has 0 radical (unpaired) electrons. The minimum absolute atomic E-state index is 0.560. The molecule has 0 spiro atoms. The highest BCUT2D eigenvalue weighted by molar-refractivity contribution is 7.08. The molecule has 15 heavy (non-hydrogen) atoms. The average molecular weight is 224 g/mol. The first-order valence-electron chi connectivity index (χ1n) is 5.74. The maximum atomic E-state index is 3.55. The molecular weight excluding hydrogens is 204 g/mol. The van der Waals surface area contributed by atoms with Crippen LogP contribution in [0.5, 0.6) is 0 Å². The molecule has 2 rings (SSSR count). The first kappa shape index (κ1) is 11.1. The predicted octanol–water partition coefficient (Wildman–Crippen LogP) is 2.29. The summed E-state index contributed by atoms with van der Waals surface area (Å²) in [6.07, 6.45) is 2.74. The van der Waals surface area contributed by atoms with Crippen molar-refractivity contribution in [1.29, 1.82) is 0 Å². The van der Waals surface area contributed by atoms with Gasteiger partial charge in [0.2, 0.25) is 0 Å². The van der Waals surface area contributed by atoms with E-state index in [2.05, 4.69) is 35.2 Å². The molecule has 1 saturated carbocycles. The van der Waals surface area contributed by atoms with Crippen molar-refractivity contribution >= 4 is 11.3 Å². The van der Waals surface area contributed by atoms with Gasteiger partial charge in [0.05, 0.1) is 0 Å². The van der Waals surface area contributed by atoms with Crippen LogP contribution in [0.4, 0.5) is 0 Å². The molecule has 0 aliphatic heterocycles. The standard InChI is InChI=1S/C12H20N2S/c1-9-7-15-8-11(9)6-13-10(2)5-14-12-3-4-12/h7-8,10,12-14H,3-6H2,1-2H3. The van der Waals surface area contributed by atoms with Crippen LogP contribution in [0.1, 0.15) is 30.9 Å². The minimum Gasteiger partial charge on any atom is -0.312 e. The van der Waals surface area contributed by atoms with Gasteiger partial charge >= 0.3 is 0 Å². The predicted molar refractivity (Wildman–Crippen MR) is 66.4 cm³/mol. The van der Waals surface area contributed by atoms with Crippen molar-refractivity contribution in [3.8, 4) is 0 Å². The first-order valence-corrected chi connectivity index (χ1v) is 6.68. The smallest absolute Gasteiger partial charge is 0.0219 e. The summed E-state index contributed by atoms with van der Waals surface area (Å²) >= 11 is 1.79. The Hall–Kier alpha value is -0.380. The number of thiophene rings is 1. The molecule has 1 fully saturated rings. The van der Waals surface area contributed by atoms with E-state index in [0.29, 0.717) is 6.04 Å². The molecule has 1 aliphatic carbocycles. The van der Waals surface area contributed by atoms with E-state index in [-0.39, 0.29) is 0 Å². The van der Waals surface area contributed by atoms with Crippen molar-refractivity contribution in [3.05, 3.63) is 21.9 Å². The van der Waals surface area contributed by atoms with E-state index in [0.717, 1.165) is 19.1 Å². The van der Waals surface area contributed by atoms with Crippen LogP contribution >= 0.6 is 11.3 Å². The zero-order valence-electron chi connectivity index (χ0n) is 9.55. The monoisotopic (exact) mass is 224 g/mol. The fourth-order valence-corrected chi connectivity index (χ4v) is 2.41. The quantitative estimate of drug-likeness (QED) is 0.774. The average Bonchev–Trinajstić information content (AvgIpc) is 2.96. The van der Waals surface area contributed by atoms with Gasteiger partial charge in [-0.2, -0.15) is 11.3 Å². The second-order valence-corrected chi connectivity index (χ2v) is 5.29. The van der Waals surface area contributed by atoms with Crippen LogP contribution < -0.4 is 10.6 Å². The molecule has 0 bridgehead atoms. The van der Waals surface area contributed by atoms with Crippen molar-refractivity contribution in [1.82, 2.24) is 10.6 Å². The Balaban J connectivity index is 1.65. The molecular formula is C12H20N2S. The SMILES string of the molecule is Cc1cscc1CNC(C)CNC1CC1. The van der Waals surface area contributed by atoms with Gasteiger partial charge in [-0.15, -0.1) is 0 Å². The lowest BCUT2D eigenvalue weighted by molar-refractivity contribution is 0.500. The normalized spacial score (nSPS) is 18.0. The largest absolute Gasteiger partial charge is 0.312 e. The van der Waals surface area contributed by atoms with E-state index in [1.54, 1.807) is 11.3 Å². The molecule has 1 aromatic heterocycles. The Labute approximate surface area is 96.1 Å². The Morgan fingerprint density at radius 2 is 2.27 bits per heavy atom. The number of rotatable bonds is 6. The summed E-state index contributed by atoms with van der Waals surface area (Å²) in [5.74, 6) is 0. The van der Waals surface area contributed by atoms with Crippen molar-refractivity contribution in [3.63, 3.8) is 0 Å². The van der Waals surface area contributed by atoms with E-state index in [9.17, 15) is 0 Å². The molecule has 0 amide bonds. The Kier molecular flexibility index (Phi) is 3.78. The van der Waals surface area contributed by atoms with Crippen molar-refractivity contribution < 1.29 is 0 Å². The van der Waals surface area contributed by atoms with Gasteiger partial charge in [0, 0.05) is 25.2 Å². The fourth-order valence-electron chi connectivity index (χ4n) is 1.56. The van der Waals surface area contributed by atoms with Crippen LogP contribution in [0.3, 0.4) is 0 Å². The highest BCUT2D eigenvalue weighted by Crippen LogP contribution is 2.18. The molecule has 1 unspecified atom stereocenters. The number of hydrogen-bond acceptors (Lipinski definition) is 3. The van der Waals surface area contributed by atoms with Gasteiger partial charge in [-0.25, -0.2) is 0 Å². The molecule has 1 aromatic rings. The van der Waals surface area contributed by atoms with Gasteiger partial charge in [-0.1, -0.05) is 0 Å². The number of aryl methyl sites for hydroxylation is 1. The van der Waals surface area contributed by atoms with E-state index >= 15 is 0 Å². The number of hydrogen-bond donors (Lipinski definition) is 2. The van der Waals surface area contributed by atoms with Gasteiger partial charge in [0.1, 0.15) is 0 Å². The minimum atomic E-state index is 0.560. The van der Waals surface area contributed by atoms with Crippen LogP contribution in [0.25, 0.3) is 0 Å². The van der Waals surface area contributed by atoms with E-state index in [1.807, 2.05) is 0 Å². The second kappa shape index (κ2) is 5.10. The third kappa shape index (κ3) is 3.59. The third-order valence-electron chi connectivity index (χ3n) is 2.89. The van der Waals surface area contributed by atoms with Crippen LogP contribution in [0.15, 0.2) is 10.8 Å². The fraction of sp³-hybridized carbons (Fsp3) is 0.667. The maximum absolute atomic E-state index is 3.55. The zero-order valence-corrected chi connectivity index (χ0v) is 10.4. The maximum Gasteiger partial charge on any atom is 0.0219 e. The summed E-state index contributed by atoms with van der Waals surface area (Å²) in [6.45, 7) is 6.52. The summed E-state index contributed by atoms with van der Waals surface area (Å²) in [5.41, 5.74) is 2.85. The summed E-state index contributed by atoms with van der Waals surface area (Å²) in [6, 6.07) is 1.38. The van der Waals surface area contributed by atoms with Gasteiger partial charge in [0.15, 0.2) is 0 Å². The van der Waals surface area contributed by atoms with E-state index in [4.69, 9.17) is 0 Å². The van der Waals surface area contributed by atoms with Crippen LogP contribution in [0, 0.1) is 6.92 Å². The van der Waals surface area contributed by atoms with Crippen LogP contribution in [-0.4, -0.2) is 18.6 Å². The molecule has 1 aliphatic rings.